The molecule has 1 aromatic rings. The van der Waals surface area contributed by atoms with Crippen molar-refractivity contribution in [1.29, 1.82) is 0 Å². The molecule has 15 heavy (non-hydrogen) atoms. The van der Waals surface area contributed by atoms with Gasteiger partial charge in [-0.05, 0) is 44.7 Å². The summed E-state index contributed by atoms with van der Waals surface area (Å²) in [4.78, 5) is 13.9. The molecule has 0 radical (unpaired) electrons. The molecule has 1 saturated heterocycles. The molecular weight excluding hydrogens is 190 g/mol. The Kier molecular flexibility index (Phi) is 2.80. The molecule has 2 heterocycles. The van der Waals surface area contributed by atoms with Gasteiger partial charge in [0, 0.05) is 13.1 Å². The van der Waals surface area contributed by atoms with Crippen molar-refractivity contribution in [2.24, 2.45) is 0 Å². The van der Waals surface area contributed by atoms with Gasteiger partial charge in [-0.25, -0.2) is 0 Å². The predicted molar refractivity (Wildman–Crippen MR) is 57.9 cm³/mol. The Labute approximate surface area is 90.1 Å². The Morgan fingerprint density at radius 3 is 2.47 bits per heavy atom. The van der Waals surface area contributed by atoms with Crippen LogP contribution in [-0.4, -0.2) is 23.9 Å². The Morgan fingerprint density at radius 1 is 1.27 bits per heavy atom. The molecule has 2 rings (SSSR count). The molecule has 1 aromatic heterocycles. The van der Waals surface area contributed by atoms with Crippen LogP contribution < -0.4 is 0 Å². The van der Waals surface area contributed by atoms with E-state index in [1.54, 1.807) is 0 Å². The number of amides is 1. The van der Waals surface area contributed by atoms with E-state index in [4.69, 9.17) is 4.42 Å². The summed E-state index contributed by atoms with van der Waals surface area (Å²) in [5.41, 5.74) is 1.05. The molecule has 0 spiro atoms. The van der Waals surface area contributed by atoms with Gasteiger partial charge >= 0.3 is 0 Å². The van der Waals surface area contributed by atoms with Gasteiger partial charge in [-0.1, -0.05) is 0 Å². The summed E-state index contributed by atoms with van der Waals surface area (Å²) in [5.74, 6) is 1.38. The number of hydrogen-bond acceptors (Lipinski definition) is 2. The van der Waals surface area contributed by atoms with Crippen LogP contribution in [0.3, 0.4) is 0 Å². The van der Waals surface area contributed by atoms with Gasteiger partial charge < -0.3 is 9.32 Å². The van der Waals surface area contributed by atoms with E-state index in [-0.39, 0.29) is 5.91 Å². The van der Waals surface area contributed by atoms with Crippen LogP contribution in [0.5, 0.6) is 0 Å². The number of hydrogen-bond donors (Lipinski definition) is 0. The largest absolute Gasteiger partial charge is 0.456 e. The van der Waals surface area contributed by atoms with Crippen molar-refractivity contribution in [3.8, 4) is 0 Å². The van der Waals surface area contributed by atoms with E-state index in [0.717, 1.165) is 37.3 Å². The summed E-state index contributed by atoms with van der Waals surface area (Å²) in [7, 11) is 0. The molecule has 0 atom stereocenters. The summed E-state index contributed by atoms with van der Waals surface area (Å²) < 4.78 is 5.44. The third kappa shape index (κ3) is 2.06. The molecule has 1 fully saturated rings. The van der Waals surface area contributed by atoms with Crippen LogP contribution in [0.15, 0.2) is 10.5 Å². The molecule has 0 unspecified atom stereocenters. The molecule has 0 N–H and O–H groups in total. The van der Waals surface area contributed by atoms with Crippen molar-refractivity contribution in [2.45, 2.75) is 33.1 Å². The fourth-order valence-electron chi connectivity index (χ4n) is 1.93. The van der Waals surface area contributed by atoms with Crippen LogP contribution in [0, 0.1) is 13.8 Å². The molecule has 3 nitrogen and oxygen atoms in total. The van der Waals surface area contributed by atoms with Crippen molar-refractivity contribution in [3.63, 3.8) is 0 Å². The second-order valence-electron chi connectivity index (χ2n) is 4.20. The molecule has 1 amide bonds. The second kappa shape index (κ2) is 4.09. The normalized spacial score (nSPS) is 16.8. The second-order valence-corrected chi connectivity index (χ2v) is 4.20. The molecule has 1 aliphatic rings. The van der Waals surface area contributed by atoms with E-state index in [0.29, 0.717) is 5.76 Å². The van der Waals surface area contributed by atoms with Crippen LogP contribution in [0.1, 0.15) is 41.1 Å². The topological polar surface area (TPSA) is 33.5 Å². The number of piperidine rings is 1. The quantitative estimate of drug-likeness (QED) is 0.709. The number of nitrogens with zero attached hydrogens (tertiary/aromatic N) is 1. The third-order valence-corrected chi connectivity index (χ3v) is 3.02. The standard InChI is InChI=1S/C12H17NO2/c1-9-8-11(15-10(9)2)12(14)13-6-4-3-5-7-13/h8H,3-7H2,1-2H3. The monoisotopic (exact) mass is 207 g/mol. The van der Waals surface area contributed by atoms with Gasteiger partial charge in [-0.2, -0.15) is 0 Å². The Morgan fingerprint density at radius 2 is 1.93 bits per heavy atom. The fraction of sp³-hybridized carbons (Fsp3) is 0.583. The first kappa shape index (κ1) is 10.3. The molecule has 0 aliphatic carbocycles. The minimum Gasteiger partial charge on any atom is -0.456 e. The zero-order valence-electron chi connectivity index (χ0n) is 9.38. The van der Waals surface area contributed by atoms with Crippen LogP contribution in [-0.2, 0) is 0 Å². The lowest BCUT2D eigenvalue weighted by atomic mass is 10.1. The highest BCUT2D eigenvalue weighted by molar-refractivity contribution is 5.91. The average Bonchev–Trinajstić information content (AvgIpc) is 2.59. The maximum Gasteiger partial charge on any atom is 0.289 e. The molecule has 0 saturated carbocycles. The maximum atomic E-state index is 12.0. The third-order valence-electron chi connectivity index (χ3n) is 3.02. The van der Waals surface area contributed by atoms with E-state index >= 15 is 0 Å². The maximum absolute atomic E-state index is 12.0. The summed E-state index contributed by atoms with van der Waals surface area (Å²) in [6.07, 6.45) is 3.47. The van der Waals surface area contributed by atoms with Gasteiger partial charge in [0.1, 0.15) is 5.76 Å². The molecule has 3 heteroatoms. The highest BCUT2D eigenvalue weighted by Crippen LogP contribution is 2.17. The van der Waals surface area contributed by atoms with E-state index in [1.165, 1.54) is 6.42 Å². The zero-order chi connectivity index (χ0) is 10.8. The Hall–Kier alpha value is -1.25. The number of carbonyl (C=O) groups excluding carboxylic acids is 1. The van der Waals surface area contributed by atoms with E-state index < -0.39 is 0 Å². The average molecular weight is 207 g/mol. The summed E-state index contributed by atoms with van der Waals surface area (Å²) in [6.45, 7) is 5.60. The van der Waals surface area contributed by atoms with Gasteiger partial charge in [-0.3, -0.25) is 4.79 Å². The fourth-order valence-corrected chi connectivity index (χ4v) is 1.93. The number of furan rings is 1. The van der Waals surface area contributed by atoms with Crippen LogP contribution >= 0.6 is 0 Å². The molecule has 1 aliphatic heterocycles. The highest BCUT2D eigenvalue weighted by Gasteiger charge is 2.21. The minimum atomic E-state index is 0.0471. The van der Waals surface area contributed by atoms with Crippen LogP contribution in [0.4, 0.5) is 0 Å². The van der Waals surface area contributed by atoms with Crippen LogP contribution in [0.25, 0.3) is 0 Å². The van der Waals surface area contributed by atoms with Gasteiger partial charge in [0.2, 0.25) is 0 Å². The Balaban J connectivity index is 2.12. The predicted octanol–water partition coefficient (Wildman–Crippen LogP) is 2.52. The van der Waals surface area contributed by atoms with E-state index in [9.17, 15) is 4.79 Å². The van der Waals surface area contributed by atoms with E-state index in [1.807, 2.05) is 24.8 Å². The zero-order valence-corrected chi connectivity index (χ0v) is 9.38. The Bertz CT molecular complexity index is 342. The van der Waals surface area contributed by atoms with Gasteiger partial charge in [0.15, 0.2) is 5.76 Å². The van der Waals surface area contributed by atoms with Crippen LogP contribution in [0.2, 0.25) is 0 Å². The van der Waals surface area contributed by atoms with Crippen molar-refractivity contribution >= 4 is 5.91 Å². The van der Waals surface area contributed by atoms with Crippen molar-refractivity contribution < 1.29 is 9.21 Å². The number of aryl methyl sites for hydroxylation is 2. The number of likely N-dealkylation sites (tertiary alicyclic amines) is 1. The van der Waals surface area contributed by atoms with Gasteiger partial charge in [0.25, 0.3) is 5.91 Å². The summed E-state index contributed by atoms with van der Waals surface area (Å²) in [6, 6.07) is 1.84. The lowest BCUT2D eigenvalue weighted by molar-refractivity contribution is 0.0691. The molecule has 0 bridgehead atoms. The van der Waals surface area contributed by atoms with E-state index in [2.05, 4.69) is 0 Å². The minimum absolute atomic E-state index is 0.0471. The lowest BCUT2D eigenvalue weighted by Gasteiger charge is -2.25. The number of rotatable bonds is 1. The summed E-state index contributed by atoms with van der Waals surface area (Å²) in [5, 5.41) is 0. The van der Waals surface area contributed by atoms with Crippen molar-refractivity contribution in [3.05, 3.63) is 23.2 Å². The smallest absolute Gasteiger partial charge is 0.289 e. The first-order chi connectivity index (χ1) is 7.18. The first-order valence-corrected chi connectivity index (χ1v) is 5.55. The van der Waals surface area contributed by atoms with Crippen molar-refractivity contribution in [1.82, 2.24) is 4.90 Å². The number of carbonyl (C=O) groups is 1. The molecule has 82 valence electrons. The van der Waals surface area contributed by atoms with Crippen molar-refractivity contribution in [2.75, 3.05) is 13.1 Å². The van der Waals surface area contributed by atoms with Gasteiger partial charge in [-0.15, -0.1) is 0 Å². The first-order valence-electron chi connectivity index (χ1n) is 5.55. The molecule has 0 aromatic carbocycles. The molecular formula is C12H17NO2. The lowest BCUT2D eigenvalue weighted by Crippen LogP contribution is -2.35. The summed E-state index contributed by atoms with van der Waals surface area (Å²) >= 11 is 0. The van der Waals surface area contributed by atoms with Gasteiger partial charge in [0.05, 0.1) is 0 Å². The SMILES string of the molecule is Cc1cc(C(=O)N2CCCCC2)oc1C. The highest BCUT2D eigenvalue weighted by atomic mass is 16.4.